The number of carbonyl (C=O) groups excluding carboxylic acids is 2. The van der Waals surface area contributed by atoms with Crippen molar-refractivity contribution in [3.8, 4) is 0 Å². The number of urea groups is 1. The predicted octanol–water partition coefficient (Wildman–Crippen LogP) is 4.76. The molecule has 0 heterocycles. The van der Waals surface area contributed by atoms with Gasteiger partial charge in [0.05, 0.1) is 11.3 Å². The lowest BCUT2D eigenvalue weighted by Crippen LogP contribution is -2.19. The van der Waals surface area contributed by atoms with E-state index in [1.54, 1.807) is 48.5 Å². The van der Waals surface area contributed by atoms with E-state index in [2.05, 4.69) is 16.0 Å². The number of hydrogen-bond donors (Lipinski definition) is 4. The highest BCUT2D eigenvalue weighted by Gasteiger charge is 2.08. The zero-order valence-electron chi connectivity index (χ0n) is 15.8. The summed E-state index contributed by atoms with van der Waals surface area (Å²) in [4.78, 5) is 36.0. The standard InChI is InChI=1S/C22H19N3O4S/c26-20(23-18-8-4-5-15(13-18)21(27)28)14-30-19-11-9-17(10-12-19)25-22(29)24-16-6-2-1-3-7-16/h1-13H,14H2,(H,23,26)(H,27,28)(H2,24,25,29). The smallest absolute Gasteiger partial charge is 0.335 e. The number of rotatable bonds is 7. The monoisotopic (exact) mass is 421 g/mol. The first kappa shape index (κ1) is 20.9. The Morgan fingerprint density at radius 1 is 0.733 bits per heavy atom. The molecule has 7 nitrogen and oxygen atoms in total. The van der Waals surface area contributed by atoms with E-state index in [0.29, 0.717) is 17.1 Å². The molecule has 3 rings (SSSR count). The number of carboxylic acid groups (broad SMARTS) is 1. The van der Waals surface area contributed by atoms with Gasteiger partial charge in [-0.15, -0.1) is 11.8 Å². The Morgan fingerprint density at radius 3 is 2.03 bits per heavy atom. The van der Waals surface area contributed by atoms with Crippen LogP contribution in [-0.4, -0.2) is 28.8 Å². The van der Waals surface area contributed by atoms with Gasteiger partial charge in [-0.1, -0.05) is 24.3 Å². The summed E-state index contributed by atoms with van der Waals surface area (Å²) in [6, 6.07) is 22.0. The van der Waals surface area contributed by atoms with Crippen LogP contribution in [-0.2, 0) is 4.79 Å². The average Bonchev–Trinajstić information content (AvgIpc) is 2.74. The number of anilines is 3. The summed E-state index contributed by atoms with van der Waals surface area (Å²) in [5.74, 6) is -1.13. The SMILES string of the molecule is O=C(CSc1ccc(NC(=O)Nc2ccccc2)cc1)Nc1cccc(C(=O)O)c1. The average molecular weight is 421 g/mol. The molecule has 0 saturated carbocycles. The number of amides is 3. The van der Waals surface area contributed by atoms with E-state index >= 15 is 0 Å². The van der Waals surface area contributed by atoms with E-state index in [1.807, 2.05) is 18.2 Å². The van der Waals surface area contributed by atoms with Crippen LogP contribution in [0.1, 0.15) is 10.4 Å². The van der Waals surface area contributed by atoms with Crippen LogP contribution in [0.2, 0.25) is 0 Å². The van der Waals surface area contributed by atoms with Crippen LogP contribution < -0.4 is 16.0 Å². The van der Waals surface area contributed by atoms with Crippen LogP contribution >= 0.6 is 11.8 Å². The van der Waals surface area contributed by atoms with E-state index in [0.717, 1.165) is 4.90 Å². The van der Waals surface area contributed by atoms with Gasteiger partial charge in [0.15, 0.2) is 0 Å². The van der Waals surface area contributed by atoms with E-state index in [4.69, 9.17) is 5.11 Å². The molecule has 3 aromatic carbocycles. The number of benzene rings is 3. The molecule has 0 radical (unpaired) electrons. The van der Waals surface area contributed by atoms with Crippen molar-refractivity contribution in [2.24, 2.45) is 0 Å². The quantitative estimate of drug-likeness (QED) is 0.412. The molecule has 0 aliphatic carbocycles. The molecule has 3 aromatic rings. The lowest BCUT2D eigenvalue weighted by atomic mass is 10.2. The molecule has 0 saturated heterocycles. The van der Waals surface area contributed by atoms with Crippen molar-refractivity contribution >= 4 is 46.7 Å². The molecule has 0 aliphatic heterocycles. The van der Waals surface area contributed by atoms with Crippen molar-refractivity contribution in [2.45, 2.75) is 4.90 Å². The first-order chi connectivity index (χ1) is 14.5. The number of carboxylic acids is 1. The number of thioether (sulfide) groups is 1. The lowest BCUT2D eigenvalue weighted by Gasteiger charge is -2.09. The van der Waals surface area contributed by atoms with Gasteiger partial charge in [0.25, 0.3) is 0 Å². The Labute approximate surface area is 177 Å². The molecule has 30 heavy (non-hydrogen) atoms. The van der Waals surface area contributed by atoms with Crippen LogP contribution in [0.25, 0.3) is 0 Å². The molecule has 0 fully saturated rings. The van der Waals surface area contributed by atoms with Crippen LogP contribution in [0, 0.1) is 0 Å². The number of nitrogens with one attached hydrogen (secondary N) is 3. The second-order valence-electron chi connectivity index (χ2n) is 6.19. The zero-order valence-corrected chi connectivity index (χ0v) is 16.6. The summed E-state index contributed by atoms with van der Waals surface area (Å²) < 4.78 is 0. The Bertz CT molecular complexity index is 1040. The number of hydrogen-bond acceptors (Lipinski definition) is 4. The van der Waals surface area contributed by atoms with Crippen LogP contribution in [0.5, 0.6) is 0 Å². The largest absolute Gasteiger partial charge is 0.478 e. The fraction of sp³-hybridized carbons (Fsp3) is 0.0455. The molecule has 4 N–H and O–H groups in total. The first-order valence-corrected chi connectivity index (χ1v) is 9.97. The highest BCUT2D eigenvalue weighted by molar-refractivity contribution is 8.00. The maximum Gasteiger partial charge on any atom is 0.335 e. The third-order valence-electron chi connectivity index (χ3n) is 3.91. The van der Waals surface area contributed by atoms with Gasteiger partial charge in [-0.25, -0.2) is 9.59 Å². The van der Waals surface area contributed by atoms with Gasteiger partial charge >= 0.3 is 12.0 Å². The zero-order chi connectivity index (χ0) is 21.3. The fourth-order valence-corrected chi connectivity index (χ4v) is 3.22. The fourth-order valence-electron chi connectivity index (χ4n) is 2.53. The summed E-state index contributed by atoms with van der Waals surface area (Å²) >= 11 is 1.33. The van der Waals surface area contributed by atoms with Gasteiger partial charge in [-0.2, -0.15) is 0 Å². The van der Waals surface area contributed by atoms with Gasteiger partial charge in [0, 0.05) is 22.0 Å². The molecular formula is C22H19N3O4S. The van der Waals surface area contributed by atoms with Crippen molar-refractivity contribution < 1.29 is 19.5 Å². The van der Waals surface area contributed by atoms with Crippen molar-refractivity contribution in [1.29, 1.82) is 0 Å². The molecule has 0 aliphatic rings. The normalized spacial score (nSPS) is 10.1. The van der Waals surface area contributed by atoms with Gasteiger partial charge in [-0.3, -0.25) is 4.79 Å². The van der Waals surface area contributed by atoms with Gasteiger partial charge < -0.3 is 21.1 Å². The second-order valence-corrected chi connectivity index (χ2v) is 7.24. The topological polar surface area (TPSA) is 108 Å². The number of para-hydroxylation sites is 1. The number of aromatic carboxylic acids is 1. The third kappa shape index (κ3) is 6.39. The van der Waals surface area contributed by atoms with Gasteiger partial charge in [0.2, 0.25) is 5.91 Å². The van der Waals surface area contributed by atoms with E-state index in [-0.39, 0.29) is 23.3 Å². The van der Waals surface area contributed by atoms with Crippen LogP contribution in [0.4, 0.5) is 21.9 Å². The van der Waals surface area contributed by atoms with Crippen molar-refractivity contribution in [1.82, 2.24) is 0 Å². The minimum absolute atomic E-state index is 0.111. The highest BCUT2D eigenvalue weighted by atomic mass is 32.2. The molecular weight excluding hydrogens is 402 g/mol. The highest BCUT2D eigenvalue weighted by Crippen LogP contribution is 2.21. The van der Waals surface area contributed by atoms with Gasteiger partial charge in [-0.05, 0) is 54.6 Å². The summed E-state index contributed by atoms with van der Waals surface area (Å²) in [5.41, 5.74) is 1.87. The van der Waals surface area contributed by atoms with Crippen LogP contribution in [0.3, 0.4) is 0 Å². The molecule has 0 spiro atoms. The van der Waals surface area contributed by atoms with E-state index < -0.39 is 5.97 Å². The van der Waals surface area contributed by atoms with Crippen LogP contribution in [0.15, 0.2) is 83.8 Å². The Morgan fingerprint density at radius 2 is 1.37 bits per heavy atom. The van der Waals surface area contributed by atoms with Crippen molar-refractivity contribution in [3.63, 3.8) is 0 Å². The molecule has 3 amide bonds. The minimum atomic E-state index is -1.05. The molecule has 152 valence electrons. The molecule has 8 heteroatoms. The Hall–Kier alpha value is -3.78. The summed E-state index contributed by atoms with van der Waals surface area (Å²) in [5, 5.41) is 17.2. The van der Waals surface area contributed by atoms with E-state index in [9.17, 15) is 14.4 Å². The molecule has 0 atom stereocenters. The molecule has 0 aromatic heterocycles. The maximum atomic E-state index is 12.1. The summed E-state index contributed by atoms with van der Waals surface area (Å²) in [6.07, 6.45) is 0. The minimum Gasteiger partial charge on any atom is -0.478 e. The predicted molar refractivity (Wildman–Crippen MR) is 118 cm³/mol. The molecule has 0 bridgehead atoms. The molecule has 0 unspecified atom stereocenters. The maximum absolute atomic E-state index is 12.1. The Balaban J connectivity index is 1.47. The number of carbonyl (C=O) groups is 3. The van der Waals surface area contributed by atoms with E-state index in [1.165, 1.54) is 23.9 Å². The third-order valence-corrected chi connectivity index (χ3v) is 4.92. The second kappa shape index (κ2) is 10.1. The summed E-state index contributed by atoms with van der Waals surface area (Å²) in [6.45, 7) is 0. The van der Waals surface area contributed by atoms with Crippen molar-refractivity contribution in [3.05, 3.63) is 84.4 Å². The van der Waals surface area contributed by atoms with Gasteiger partial charge in [0.1, 0.15) is 0 Å². The first-order valence-electron chi connectivity index (χ1n) is 8.99. The lowest BCUT2D eigenvalue weighted by molar-refractivity contribution is -0.113. The summed E-state index contributed by atoms with van der Waals surface area (Å²) in [7, 11) is 0. The van der Waals surface area contributed by atoms with Crippen molar-refractivity contribution in [2.75, 3.05) is 21.7 Å². The Kier molecular flexibility index (Phi) is 7.07.